The van der Waals surface area contributed by atoms with E-state index >= 15 is 0 Å². The first-order valence-corrected chi connectivity index (χ1v) is 5.29. The van der Waals surface area contributed by atoms with Gasteiger partial charge in [0.2, 0.25) is 5.91 Å². The molecule has 2 aliphatic carbocycles. The Labute approximate surface area is 79.3 Å². The van der Waals surface area contributed by atoms with Gasteiger partial charge in [-0.1, -0.05) is 0 Å². The first-order valence-electron chi connectivity index (χ1n) is 5.29. The summed E-state index contributed by atoms with van der Waals surface area (Å²) in [5, 5.41) is 6.26. The molecular formula is C10H18N2O. The third-order valence-electron chi connectivity index (χ3n) is 2.73. The Morgan fingerprint density at radius 1 is 1.38 bits per heavy atom. The van der Waals surface area contributed by atoms with Crippen LogP contribution in [-0.4, -0.2) is 24.5 Å². The fraction of sp³-hybridized carbons (Fsp3) is 0.900. The normalized spacial score (nSPS) is 24.1. The molecule has 0 aliphatic heterocycles. The Morgan fingerprint density at radius 3 is 2.62 bits per heavy atom. The summed E-state index contributed by atoms with van der Waals surface area (Å²) in [4.78, 5) is 11.5. The number of rotatable bonds is 5. The zero-order valence-corrected chi connectivity index (χ0v) is 8.18. The van der Waals surface area contributed by atoms with Gasteiger partial charge >= 0.3 is 0 Å². The lowest BCUT2D eigenvalue weighted by Gasteiger charge is -2.12. The molecule has 0 heterocycles. The van der Waals surface area contributed by atoms with Crippen LogP contribution in [0.5, 0.6) is 0 Å². The van der Waals surface area contributed by atoms with Gasteiger partial charge in [-0.3, -0.25) is 4.79 Å². The molecule has 2 fully saturated rings. The average Bonchev–Trinajstić information content (AvgIpc) is 2.94. The topological polar surface area (TPSA) is 41.1 Å². The SMILES string of the molecule is CC(NCC1CC1)C(=O)NC1CC1. The average molecular weight is 182 g/mol. The summed E-state index contributed by atoms with van der Waals surface area (Å²) in [5.41, 5.74) is 0. The van der Waals surface area contributed by atoms with Gasteiger partial charge in [0.15, 0.2) is 0 Å². The molecule has 0 bridgehead atoms. The minimum atomic E-state index is -0.0128. The van der Waals surface area contributed by atoms with E-state index in [4.69, 9.17) is 0 Å². The molecule has 0 aromatic rings. The summed E-state index contributed by atoms with van der Waals surface area (Å²) in [5.74, 6) is 1.01. The highest BCUT2D eigenvalue weighted by Crippen LogP contribution is 2.27. The second-order valence-electron chi connectivity index (χ2n) is 4.36. The van der Waals surface area contributed by atoms with Crippen molar-refractivity contribution < 1.29 is 4.79 Å². The van der Waals surface area contributed by atoms with Gasteiger partial charge in [0.1, 0.15) is 0 Å². The second-order valence-corrected chi connectivity index (χ2v) is 4.36. The Kier molecular flexibility index (Phi) is 2.54. The van der Waals surface area contributed by atoms with Gasteiger partial charge in [-0.15, -0.1) is 0 Å². The maximum absolute atomic E-state index is 11.5. The second kappa shape index (κ2) is 3.66. The third-order valence-corrected chi connectivity index (χ3v) is 2.73. The van der Waals surface area contributed by atoms with Crippen molar-refractivity contribution in [2.75, 3.05) is 6.54 Å². The summed E-state index contributed by atoms with van der Waals surface area (Å²) in [6.45, 7) is 2.96. The van der Waals surface area contributed by atoms with Crippen LogP contribution in [0.1, 0.15) is 32.6 Å². The van der Waals surface area contributed by atoms with Crippen molar-refractivity contribution in [2.45, 2.75) is 44.7 Å². The lowest BCUT2D eigenvalue weighted by molar-refractivity contribution is -0.122. The summed E-state index contributed by atoms with van der Waals surface area (Å²) in [6, 6.07) is 0.471. The standard InChI is InChI=1S/C10H18N2O/c1-7(11-6-8-2-3-8)10(13)12-9-4-5-9/h7-9,11H,2-6H2,1H3,(H,12,13). The van der Waals surface area contributed by atoms with Crippen molar-refractivity contribution in [2.24, 2.45) is 5.92 Å². The number of nitrogens with one attached hydrogen (secondary N) is 2. The van der Waals surface area contributed by atoms with Crippen LogP contribution in [0.2, 0.25) is 0 Å². The van der Waals surface area contributed by atoms with Crippen molar-refractivity contribution in [3.63, 3.8) is 0 Å². The van der Waals surface area contributed by atoms with Crippen LogP contribution in [0.15, 0.2) is 0 Å². The molecule has 2 saturated carbocycles. The zero-order valence-electron chi connectivity index (χ0n) is 8.18. The molecule has 13 heavy (non-hydrogen) atoms. The molecule has 3 nitrogen and oxygen atoms in total. The summed E-state index contributed by atoms with van der Waals surface area (Å²) < 4.78 is 0. The van der Waals surface area contributed by atoms with Crippen LogP contribution in [0.25, 0.3) is 0 Å². The summed E-state index contributed by atoms with van der Waals surface area (Å²) in [6.07, 6.45) is 5.01. The van der Waals surface area contributed by atoms with Crippen LogP contribution in [0.4, 0.5) is 0 Å². The molecule has 0 radical (unpaired) electrons. The fourth-order valence-electron chi connectivity index (χ4n) is 1.31. The van der Waals surface area contributed by atoms with Crippen LogP contribution in [0, 0.1) is 5.92 Å². The number of amides is 1. The number of hydrogen-bond donors (Lipinski definition) is 2. The zero-order chi connectivity index (χ0) is 9.26. The van der Waals surface area contributed by atoms with Crippen molar-refractivity contribution in [1.82, 2.24) is 10.6 Å². The van der Waals surface area contributed by atoms with Crippen LogP contribution < -0.4 is 10.6 Å². The van der Waals surface area contributed by atoms with Gasteiger partial charge in [0.25, 0.3) is 0 Å². The summed E-state index contributed by atoms with van der Waals surface area (Å²) >= 11 is 0. The number of hydrogen-bond acceptors (Lipinski definition) is 2. The molecule has 2 N–H and O–H groups in total. The highest BCUT2D eigenvalue weighted by Gasteiger charge is 2.27. The monoisotopic (exact) mass is 182 g/mol. The first kappa shape index (κ1) is 9.00. The molecule has 1 atom stereocenters. The molecule has 0 saturated heterocycles. The Balaban J connectivity index is 1.61. The van der Waals surface area contributed by atoms with E-state index in [2.05, 4.69) is 10.6 Å². The van der Waals surface area contributed by atoms with Gasteiger partial charge in [-0.25, -0.2) is 0 Å². The largest absolute Gasteiger partial charge is 0.352 e. The number of carbonyl (C=O) groups is 1. The molecule has 74 valence electrons. The fourth-order valence-corrected chi connectivity index (χ4v) is 1.31. The molecule has 0 spiro atoms. The third kappa shape index (κ3) is 2.99. The maximum Gasteiger partial charge on any atom is 0.237 e. The van der Waals surface area contributed by atoms with Crippen molar-refractivity contribution in [1.29, 1.82) is 0 Å². The molecule has 0 aromatic carbocycles. The molecule has 2 rings (SSSR count). The highest BCUT2D eigenvalue weighted by molar-refractivity contribution is 5.81. The van der Waals surface area contributed by atoms with Crippen LogP contribution >= 0.6 is 0 Å². The van der Waals surface area contributed by atoms with E-state index in [-0.39, 0.29) is 11.9 Å². The predicted molar refractivity (Wildman–Crippen MR) is 51.4 cm³/mol. The highest BCUT2D eigenvalue weighted by atomic mass is 16.2. The predicted octanol–water partition coefficient (Wildman–Crippen LogP) is 0.653. The van der Waals surface area contributed by atoms with E-state index in [0.29, 0.717) is 6.04 Å². The van der Waals surface area contributed by atoms with Gasteiger partial charge < -0.3 is 10.6 Å². The van der Waals surface area contributed by atoms with E-state index in [9.17, 15) is 4.79 Å². The maximum atomic E-state index is 11.5. The van der Waals surface area contributed by atoms with E-state index in [0.717, 1.165) is 12.5 Å². The summed E-state index contributed by atoms with van der Waals surface area (Å²) in [7, 11) is 0. The van der Waals surface area contributed by atoms with Crippen molar-refractivity contribution in [3.8, 4) is 0 Å². The smallest absolute Gasteiger partial charge is 0.237 e. The quantitative estimate of drug-likeness (QED) is 0.655. The molecule has 2 aliphatic rings. The van der Waals surface area contributed by atoms with Crippen molar-refractivity contribution in [3.05, 3.63) is 0 Å². The van der Waals surface area contributed by atoms with E-state index in [1.807, 2.05) is 6.92 Å². The molecule has 0 aromatic heterocycles. The lowest BCUT2D eigenvalue weighted by Crippen LogP contribution is -2.43. The van der Waals surface area contributed by atoms with E-state index < -0.39 is 0 Å². The molecule has 1 unspecified atom stereocenters. The van der Waals surface area contributed by atoms with Gasteiger partial charge in [-0.05, 0) is 45.1 Å². The minimum absolute atomic E-state index is 0.0128. The van der Waals surface area contributed by atoms with Crippen molar-refractivity contribution >= 4 is 5.91 Å². The Morgan fingerprint density at radius 2 is 2.08 bits per heavy atom. The van der Waals surface area contributed by atoms with Crippen LogP contribution in [-0.2, 0) is 4.79 Å². The van der Waals surface area contributed by atoms with Crippen LogP contribution in [0.3, 0.4) is 0 Å². The Hall–Kier alpha value is -0.570. The molecular weight excluding hydrogens is 164 g/mol. The van der Waals surface area contributed by atoms with Gasteiger partial charge in [0, 0.05) is 6.04 Å². The molecule has 3 heteroatoms. The first-order chi connectivity index (χ1) is 6.25. The number of carbonyl (C=O) groups excluding carboxylic acids is 1. The van der Waals surface area contributed by atoms with E-state index in [1.54, 1.807) is 0 Å². The molecule has 1 amide bonds. The minimum Gasteiger partial charge on any atom is -0.352 e. The Bertz CT molecular complexity index is 197. The lowest BCUT2D eigenvalue weighted by atomic mass is 10.3. The van der Waals surface area contributed by atoms with Gasteiger partial charge in [0.05, 0.1) is 6.04 Å². The van der Waals surface area contributed by atoms with Gasteiger partial charge in [-0.2, -0.15) is 0 Å². The van der Waals surface area contributed by atoms with E-state index in [1.165, 1.54) is 25.7 Å².